The van der Waals surface area contributed by atoms with Gasteiger partial charge in [0.2, 0.25) is 0 Å². The Hall–Kier alpha value is -0.650. The first-order chi connectivity index (χ1) is 8.26. The van der Waals surface area contributed by atoms with E-state index in [0.717, 1.165) is 43.6 Å². The number of rotatable bonds is 5. The molecule has 2 rings (SSSR count). The van der Waals surface area contributed by atoms with Gasteiger partial charge < -0.3 is 10.0 Å². The van der Waals surface area contributed by atoms with Crippen LogP contribution in [0.5, 0.6) is 0 Å². The molecule has 0 radical (unpaired) electrons. The topological polar surface area (TPSA) is 53.4 Å². The predicted molar refractivity (Wildman–Crippen MR) is 69.2 cm³/mol. The van der Waals surface area contributed by atoms with Crippen molar-refractivity contribution in [1.29, 1.82) is 0 Å². The van der Waals surface area contributed by atoms with E-state index < -0.39 is 0 Å². The van der Waals surface area contributed by atoms with Crippen LogP contribution in [0.25, 0.3) is 0 Å². The monoisotopic (exact) mass is 274 g/mol. The maximum absolute atomic E-state index is 10.7. The lowest BCUT2D eigenvalue weighted by Gasteiger charge is -2.23. The minimum atomic E-state index is 0.225. The first-order valence-corrected chi connectivity index (χ1v) is 6.94. The molecule has 94 valence electrons. The van der Waals surface area contributed by atoms with Crippen molar-refractivity contribution in [3.63, 3.8) is 0 Å². The first kappa shape index (κ1) is 12.8. The molecule has 0 aromatic carbocycles. The number of carbonyl (C=O) groups is 1. The fraction of sp³-hybridized carbons (Fsp3) is 0.636. The molecule has 1 fully saturated rings. The average Bonchev–Trinajstić information content (AvgIpc) is 2.92. The Bertz CT molecular complexity index is 397. The van der Waals surface area contributed by atoms with E-state index in [2.05, 4.69) is 9.88 Å². The third-order valence-corrected chi connectivity index (χ3v) is 4.44. The van der Waals surface area contributed by atoms with Crippen LogP contribution in [0.15, 0.2) is 0 Å². The third kappa shape index (κ3) is 2.78. The number of carbonyl (C=O) groups excluding carboxylic acids is 1. The number of aliphatic hydroxyl groups is 1. The zero-order chi connectivity index (χ0) is 12.3. The predicted octanol–water partition coefficient (Wildman–Crippen LogP) is 2.35. The van der Waals surface area contributed by atoms with E-state index in [4.69, 9.17) is 16.7 Å². The Kier molecular flexibility index (Phi) is 4.36. The summed E-state index contributed by atoms with van der Waals surface area (Å²) in [5.74, 6) is 0. The summed E-state index contributed by atoms with van der Waals surface area (Å²) in [6.07, 6.45) is 4.77. The second-order valence-corrected chi connectivity index (χ2v) is 5.49. The van der Waals surface area contributed by atoms with Crippen LogP contribution in [0.2, 0.25) is 5.15 Å². The minimum Gasteiger partial charge on any atom is -0.396 e. The molecule has 1 unspecified atom stereocenters. The number of aldehydes is 1. The highest BCUT2D eigenvalue weighted by Crippen LogP contribution is 2.34. The maximum atomic E-state index is 10.7. The molecule has 1 aromatic heterocycles. The lowest BCUT2D eigenvalue weighted by molar-refractivity contribution is 0.112. The van der Waals surface area contributed by atoms with Crippen LogP contribution in [-0.4, -0.2) is 35.6 Å². The van der Waals surface area contributed by atoms with Crippen molar-refractivity contribution >= 4 is 34.4 Å². The second kappa shape index (κ2) is 5.80. The summed E-state index contributed by atoms with van der Waals surface area (Å²) in [4.78, 5) is 17.7. The Morgan fingerprint density at radius 2 is 2.47 bits per heavy atom. The summed E-state index contributed by atoms with van der Waals surface area (Å²) in [5.41, 5.74) is 0. The molecule has 1 aliphatic rings. The zero-order valence-electron chi connectivity index (χ0n) is 9.43. The van der Waals surface area contributed by atoms with Crippen LogP contribution in [0.3, 0.4) is 0 Å². The van der Waals surface area contributed by atoms with Crippen molar-refractivity contribution in [2.45, 2.75) is 31.7 Å². The standard InChI is InChI=1S/C11H15ClN2O2S/c12-10-9(7-16)17-11(13-10)14-5-1-3-8(14)4-2-6-15/h7-8,15H,1-6H2. The van der Waals surface area contributed by atoms with Crippen LogP contribution in [0.1, 0.15) is 35.4 Å². The summed E-state index contributed by atoms with van der Waals surface area (Å²) in [5, 5.41) is 10.0. The van der Waals surface area contributed by atoms with Gasteiger partial charge in [0.05, 0.1) is 0 Å². The van der Waals surface area contributed by atoms with Gasteiger partial charge in [-0.25, -0.2) is 4.98 Å². The highest BCUT2D eigenvalue weighted by atomic mass is 35.5. The smallest absolute Gasteiger partial charge is 0.187 e. The van der Waals surface area contributed by atoms with Crippen LogP contribution in [0, 0.1) is 0 Å². The number of aliphatic hydroxyl groups excluding tert-OH is 1. The molecule has 1 saturated heterocycles. The molecule has 1 aliphatic heterocycles. The van der Waals surface area contributed by atoms with Crippen molar-refractivity contribution in [1.82, 2.24) is 4.98 Å². The first-order valence-electron chi connectivity index (χ1n) is 5.75. The Morgan fingerprint density at radius 3 is 3.12 bits per heavy atom. The molecule has 0 bridgehead atoms. The third-order valence-electron chi connectivity index (χ3n) is 3.02. The van der Waals surface area contributed by atoms with Crippen LogP contribution < -0.4 is 4.90 Å². The van der Waals surface area contributed by atoms with E-state index in [-0.39, 0.29) is 6.61 Å². The molecule has 17 heavy (non-hydrogen) atoms. The lowest BCUT2D eigenvalue weighted by atomic mass is 10.1. The number of nitrogens with zero attached hydrogens (tertiary/aromatic N) is 2. The summed E-state index contributed by atoms with van der Waals surface area (Å²) in [6.45, 7) is 1.18. The van der Waals surface area contributed by atoms with Gasteiger partial charge in [0.1, 0.15) is 4.88 Å². The number of halogens is 1. The van der Waals surface area contributed by atoms with Gasteiger partial charge in [0.25, 0.3) is 0 Å². The molecule has 1 aromatic rings. The molecule has 1 atom stereocenters. The molecule has 1 N–H and O–H groups in total. The molecule has 0 aliphatic carbocycles. The van der Waals surface area contributed by atoms with E-state index in [1.807, 2.05) is 0 Å². The SMILES string of the molecule is O=Cc1sc(N2CCCC2CCCO)nc1Cl. The number of hydrogen-bond donors (Lipinski definition) is 1. The van der Waals surface area contributed by atoms with Gasteiger partial charge >= 0.3 is 0 Å². The number of hydrogen-bond acceptors (Lipinski definition) is 5. The highest BCUT2D eigenvalue weighted by molar-refractivity contribution is 7.17. The minimum absolute atomic E-state index is 0.225. The molecule has 0 spiro atoms. The summed E-state index contributed by atoms with van der Waals surface area (Å²) < 4.78 is 0. The Morgan fingerprint density at radius 1 is 1.65 bits per heavy atom. The van der Waals surface area contributed by atoms with Gasteiger partial charge in [-0.1, -0.05) is 22.9 Å². The van der Waals surface area contributed by atoms with Gasteiger partial charge in [-0.3, -0.25) is 4.79 Å². The van der Waals surface area contributed by atoms with E-state index in [1.165, 1.54) is 11.3 Å². The van der Waals surface area contributed by atoms with Gasteiger partial charge in [0.15, 0.2) is 16.6 Å². The Labute approximate surface area is 109 Å². The molecule has 0 amide bonds. The van der Waals surface area contributed by atoms with Crippen molar-refractivity contribution < 1.29 is 9.90 Å². The van der Waals surface area contributed by atoms with Gasteiger partial charge in [-0.15, -0.1) is 0 Å². The van der Waals surface area contributed by atoms with Gasteiger partial charge in [-0.05, 0) is 25.7 Å². The van der Waals surface area contributed by atoms with E-state index in [1.54, 1.807) is 0 Å². The largest absolute Gasteiger partial charge is 0.396 e. The number of anilines is 1. The molecule has 2 heterocycles. The molecule has 4 nitrogen and oxygen atoms in total. The van der Waals surface area contributed by atoms with Crippen LogP contribution in [0.4, 0.5) is 5.13 Å². The Balaban J connectivity index is 2.11. The van der Waals surface area contributed by atoms with Crippen LogP contribution in [-0.2, 0) is 0 Å². The van der Waals surface area contributed by atoms with Crippen molar-refractivity contribution in [3.8, 4) is 0 Å². The van der Waals surface area contributed by atoms with Crippen molar-refractivity contribution in [2.75, 3.05) is 18.1 Å². The van der Waals surface area contributed by atoms with Crippen molar-refractivity contribution in [3.05, 3.63) is 10.0 Å². The average molecular weight is 275 g/mol. The lowest BCUT2D eigenvalue weighted by Crippen LogP contribution is -2.29. The summed E-state index contributed by atoms with van der Waals surface area (Å²) >= 11 is 7.22. The number of thiazole rings is 1. The molecule has 0 saturated carbocycles. The molecule has 6 heteroatoms. The van der Waals surface area contributed by atoms with Gasteiger partial charge in [-0.2, -0.15) is 0 Å². The maximum Gasteiger partial charge on any atom is 0.187 e. The molecular formula is C11H15ClN2O2S. The molecular weight excluding hydrogens is 260 g/mol. The van der Waals surface area contributed by atoms with Gasteiger partial charge in [0, 0.05) is 19.2 Å². The summed E-state index contributed by atoms with van der Waals surface area (Å²) in [6, 6.07) is 0.420. The fourth-order valence-corrected chi connectivity index (χ4v) is 3.37. The normalized spacial score (nSPS) is 19.9. The van der Waals surface area contributed by atoms with E-state index in [9.17, 15) is 4.79 Å². The quantitative estimate of drug-likeness (QED) is 0.838. The van der Waals surface area contributed by atoms with E-state index >= 15 is 0 Å². The fourth-order valence-electron chi connectivity index (χ4n) is 2.21. The van der Waals surface area contributed by atoms with Crippen LogP contribution >= 0.6 is 22.9 Å². The summed E-state index contributed by atoms with van der Waals surface area (Å²) in [7, 11) is 0. The highest BCUT2D eigenvalue weighted by Gasteiger charge is 2.27. The number of aromatic nitrogens is 1. The second-order valence-electron chi connectivity index (χ2n) is 4.12. The zero-order valence-corrected chi connectivity index (χ0v) is 11.0. The van der Waals surface area contributed by atoms with E-state index in [0.29, 0.717) is 16.1 Å². The van der Waals surface area contributed by atoms with Crippen molar-refractivity contribution in [2.24, 2.45) is 0 Å².